The highest BCUT2D eigenvalue weighted by Crippen LogP contribution is 2.41. The number of aromatic nitrogens is 2. The molecule has 2 heterocycles. The molecule has 9 heteroatoms. The average Bonchev–Trinajstić information content (AvgIpc) is 3.10. The molecule has 1 saturated carbocycles. The number of nitrogens with two attached hydrogens (primary N) is 1. The number of rotatable bonds is 2. The van der Waals surface area contributed by atoms with Gasteiger partial charge in [0.15, 0.2) is 5.69 Å². The SMILES string of the molecule is Cn1nc(C(F)(F)F)c(Cl)c1C(=O)N1C[C@H](C2CC2)[C@@H](N)C1. The number of hydrogen-bond acceptors (Lipinski definition) is 3. The molecular formula is C13H16ClF3N4O. The summed E-state index contributed by atoms with van der Waals surface area (Å²) in [4.78, 5) is 14.0. The van der Waals surface area contributed by atoms with E-state index in [-0.39, 0.29) is 17.7 Å². The van der Waals surface area contributed by atoms with Gasteiger partial charge in [-0.15, -0.1) is 0 Å². The summed E-state index contributed by atoms with van der Waals surface area (Å²) in [6.45, 7) is 0.802. The first-order valence-electron chi connectivity index (χ1n) is 7.04. The molecule has 122 valence electrons. The summed E-state index contributed by atoms with van der Waals surface area (Å²) < 4.78 is 39.3. The molecule has 1 aliphatic carbocycles. The van der Waals surface area contributed by atoms with Gasteiger partial charge in [0.2, 0.25) is 0 Å². The first-order chi connectivity index (χ1) is 10.2. The highest BCUT2D eigenvalue weighted by molar-refractivity contribution is 6.34. The summed E-state index contributed by atoms with van der Waals surface area (Å²) >= 11 is 5.75. The lowest BCUT2D eigenvalue weighted by molar-refractivity contribution is -0.141. The number of alkyl halides is 3. The number of amides is 1. The van der Waals surface area contributed by atoms with Crippen LogP contribution in [0.5, 0.6) is 0 Å². The Labute approximate surface area is 130 Å². The van der Waals surface area contributed by atoms with E-state index in [9.17, 15) is 18.0 Å². The minimum absolute atomic E-state index is 0.134. The predicted molar refractivity (Wildman–Crippen MR) is 73.3 cm³/mol. The zero-order valence-electron chi connectivity index (χ0n) is 11.9. The van der Waals surface area contributed by atoms with Gasteiger partial charge in [-0.25, -0.2) is 0 Å². The zero-order chi connectivity index (χ0) is 16.2. The molecule has 3 rings (SSSR count). The molecule has 0 aromatic carbocycles. The number of nitrogens with zero attached hydrogens (tertiary/aromatic N) is 3. The molecule has 1 aromatic heterocycles. The Bertz CT molecular complexity index is 611. The van der Waals surface area contributed by atoms with Crippen molar-refractivity contribution in [2.24, 2.45) is 24.6 Å². The van der Waals surface area contributed by atoms with E-state index in [1.807, 2.05) is 0 Å². The summed E-state index contributed by atoms with van der Waals surface area (Å²) in [5, 5.41) is 2.69. The number of halogens is 4. The maximum Gasteiger partial charge on any atom is 0.436 e. The predicted octanol–water partition coefficient (Wildman–Crippen LogP) is 1.90. The second kappa shape index (κ2) is 5.13. The Kier molecular flexibility index (Phi) is 3.64. The highest BCUT2D eigenvalue weighted by atomic mass is 35.5. The van der Waals surface area contributed by atoms with Gasteiger partial charge in [-0.2, -0.15) is 18.3 Å². The van der Waals surface area contributed by atoms with Crippen molar-refractivity contribution in [3.8, 4) is 0 Å². The smallest absolute Gasteiger partial charge is 0.335 e. The normalized spacial score (nSPS) is 25.8. The third kappa shape index (κ3) is 2.58. The lowest BCUT2D eigenvalue weighted by atomic mass is 9.99. The molecule has 2 N–H and O–H groups in total. The fourth-order valence-corrected chi connectivity index (χ4v) is 3.45. The summed E-state index contributed by atoms with van der Waals surface area (Å²) in [6, 6.07) is -0.134. The minimum atomic E-state index is -4.69. The molecule has 0 unspecified atom stereocenters. The molecule has 1 amide bonds. The van der Waals surface area contributed by atoms with Gasteiger partial charge in [0.25, 0.3) is 5.91 Å². The molecule has 22 heavy (non-hydrogen) atoms. The molecule has 2 atom stereocenters. The van der Waals surface area contributed by atoms with Gasteiger partial charge < -0.3 is 10.6 Å². The highest BCUT2D eigenvalue weighted by Gasteiger charge is 2.44. The van der Waals surface area contributed by atoms with Gasteiger partial charge in [-0.1, -0.05) is 11.6 Å². The number of carbonyl (C=O) groups is 1. The standard InChI is InChI=1S/C13H16ClF3N4O/c1-20-10(9(14)11(19-20)13(15,16)17)12(22)21-4-7(6-2-3-6)8(18)5-21/h6-8H,2-5,18H2,1H3/t7-,8+/m1/s1. The Morgan fingerprint density at radius 2 is 2.00 bits per heavy atom. The zero-order valence-corrected chi connectivity index (χ0v) is 12.7. The Hall–Kier alpha value is -1.28. The Balaban J connectivity index is 1.85. The lowest BCUT2D eigenvalue weighted by Gasteiger charge is -2.16. The van der Waals surface area contributed by atoms with E-state index in [0.29, 0.717) is 19.0 Å². The van der Waals surface area contributed by atoms with E-state index < -0.39 is 22.8 Å². The van der Waals surface area contributed by atoms with Gasteiger partial charge in [-0.05, 0) is 24.7 Å². The van der Waals surface area contributed by atoms with Crippen LogP contribution in [-0.4, -0.2) is 39.7 Å². The van der Waals surface area contributed by atoms with E-state index in [2.05, 4.69) is 5.10 Å². The van der Waals surface area contributed by atoms with E-state index in [4.69, 9.17) is 17.3 Å². The monoisotopic (exact) mass is 336 g/mol. The van der Waals surface area contributed by atoms with Crippen LogP contribution in [0.2, 0.25) is 5.02 Å². The second-order valence-electron chi connectivity index (χ2n) is 6.01. The van der Waals surface area contributed by atoms with Gasteiger partial charge >= 0.3 is 6.18 Å². The topological polar surface area (TPSA) is 64.2 Å². The largest absolute Gasteiger partial charge is 0.436 e. The molecule has 0 radical (unpaired) electrons. The quantitative estimate of drug-likeness (QED) is 0.897. The Morgan fingerprint density at radius 1 is 1.36 bits per heavy atom. The van der Waals surface area contributed by atoms with Crippen LogP contribution in [0.1, 0.15) is 29.0 Å². The fourth-order valence-electron chi connectivity index (χ4n) is 3.10. The molecule has 2 aliphatic rings. The molecule has 2 fully saturated rings. The summed E-state index contributed by atoms with van der Waals surface area (Å²) in [5.41, 5.74) is 4.58. The lowest BCUT2D eigenvalue weighted by Crippen LogP contribution is -2.33. The minimum Gasteiger partial charge on any atom is -0.335 e. The van der Waals surface area contributed by atoms with Crippen molar-refractivity contribution in [3.63, 3.8) is 0 Å². The number of carbonyl (C=O) groups excluding carboxylic acids is 1. The molecule has 1 aromatic rings. The van der Waals surface area contributed by atoms with Crippen molar-refractivity contribution in [1.82, 2.24) is 14.7 Å². The van der Waals surface area contributed by atoms with Gasteiger partial charge in [-0.3, -0.25) is 9.48 Å². The maximum atomic E-state index is 12.8. The second-order valence-corrected chi connectivity index (χ2v) is 6.39. The third-order valence-corrected chi connectivity index (χ3v) is 4.75. The van der Waals surface area contributed by atoms with Gasteiger partial charge in [0, 0.05) is 26.2 Å². The summed E-state index contributed by atoms with van der Waals surface area (Å²) in [7, 11) is 1.28. The van der Waals surface area contributed by atoms with Crippen LogP contribution in [-0.2, 0) is 13.2 Å². The summed E-state index contributed by atoms with van der Waals surface area (Å²) in [6.07, 6.45) is -2.48. The van der Waals surface area contributed by atoms with Crippen LogP contribution < -0.4 is 5.73 Å². The van der Waals surface area contributed by atoms with Crippen LogP contribution in [0.15, 0.2) is 0 Å². The first-order valence-corrected chi connectivity index (χ1v) is 7.42. The molecule has 5 nitrogen and oxygen atoms in total. The molecular weight excluding hydrogens is 321 g/mol. The number of aryl methyl sites for hydroxylation is 1. The Morgan fingerprint density at radius 3 is 2.50 bits per heavy atom. The average molecular weight is 337 g/mol. The number of hydrogen-bond donors (Lipinski definition) is 1. The number of likely N-dealkylation sites (tertiary alicyclic amines) is 1. The molecule has 1 aliphatic heterocycles. The van der Waals surface area contributed by atoms with Crippen LogP contribution in [0.4, 0.5) is 13.2 Å². The van der Waals surface area contributed by atoms with Crippen LogP contribution in [0.3, 0.4) is 0 Å². The van der Waals surface area contributed by atoms with E-state index in [1.54, 1.807) is 0 Å². The van der Waals surface area contributed by atoms with Crippen molar-refractivity contribution in [2.45, 2.75) is 25.1 Å². The van der Waals surface area contributed by atoms with Crippen molar-refractivity contribution >= 4 is 17.5 Å². The molecule has 0 spiro atoms. The fraction of sp³-hybridized carbons (Fsp3) is 0.692. The van der Waals surface area contributed by atoms with Crippen molar-refractivity contribution in [1.29, 1.82) is 0 Å². The van der Waals surface area contributed by atoms with Crippen LogP contribution in [0.25, 0.3) is 0 Å². The van der Waals surface area contributed by atoms with E-state index in [0.717, 1.165) is 17.5 Å². The summed E-state index contributed by atoms with van der Waals surface area (Å²) in [5.74, 6) is 0.202. The van der Waals surface area contributed by atoms with Crippen molar-refractivity contribution in [2.75, 3.05) is 13.1 Å². The van der Waals surface area contributed by atoms with Crippen LogP contribution in [0, 0.1) is 11.8 Å². The van der Waals surface area contributed by atoms with Gasteiger partial charge in [0.1, 0.15) is 10.7 Å². The first kappa shape index (κ1) is 15.6. The van der Waals surface area contributed by atoms with E-state index >= 15 is 0 Å². The molecule has 0 bridgehead atoms. The van der Waals surface area contributed by atoms with E-state index in [1.165, 1.54) is 11.9 Å². The van der Waals surface area contributed by atoms with Crippen molar-refractivity contribution < 1.29 is 18.0 Å². The molecule has 1 saturated heterocycles. The van der Waals surface area contributed by atoms with Crippen molar-refractivity contribution in [3.05, 3.63) is 16.4 Å². The maximum absolute atomic E-state index is 12.8. The third-order valence-electron chi connectivity index (χ3n) is 4.39. The van der Waals surface area contributed by atoms with Gasteiger partial charge in [0.05, 0.1) is 0 Å². The van der Waals surface area contributed by atoms with Crippen LogP contribution >= 0.6 is 11.6 Å².